The molecule has 3 aromatic carbocycles. The monoisotopic (exact) mass is 504 g/mol. The van der Waals surface area contributed by atoms with Crippen LogP contribution in [0, 0.1) is 0 Å². The first-order valence-corrected chi connectivity index (χ1v) is 12.5. The molecule has 0 bridgehead atoms. The zero-order valence-corrected chi connectivity index (χ0v) is 22.2. The van der Waals surface area contributed by atoms with Crippen molar-refractivity contribution in [3.63, 3.8) is 0 Å². The number of carbonyl (C=O) groups is 1. The highest BCUT2D eigenvalue weighted by Crippen LogP contribution is 2.41. The molecule has 2 atom stereocenters. The number of fused-ring (bicyclic) bond motifs is 1. The van der Waals surface area contributed by atoms with Gasteiger partial charge in [-0.3, -0.25) is 9.69 Å². The average molecular weight is 505 g/mol. The second kappa shape index (κ2) is 12.0. The summed E-state index contributed by atoms with van der Waals surface area (Å²) in [5.74, 6) is 2.77. The van der Waals surface area contributed by atoms with Gasteiger partial charge in [-0.2, -0.15) is 0 Å². The summed E-state index contributed by atoms with van der Waals surface area (Å²) < 4.78 is 22.2. The number of benzene rings is 3. The molecular weight excluding hydrogens is 468 g/mol. The quantitative estimate of drug-likeness (QED) is 0.436. The van der Waals surface area contributed by atoms with E-state index in [9.17, 15) is 4.79 Å². The Morgan fingerprint density at radius 3 is 2.19 bits per heavy atom. The van der Waals surface area contributed by atoms with Crippen LogP contribution in [0.1, 0.15) is 35.2 Å². The highest BCUT2D eigenvalue weighted by Gasteiger charge is 2.34. The molecule has 0 aliphatic carbocycles. The summed E-state index contributed by atoms with van der Waals surface area (Å²) in [6, 6.07) is 19.7. The minimum atomic E-state index is -0.324. The second-order valence-electron chi connectivity index (χ2n) is 9.18. The Morgan fingerprint density at radius 1 is 0.865 bits per heavy atom. The minimum Gasteiger partial charge on any atom is -0.493 e. The van der Waals surface area contributed by atoms with Crippen molar-refractivity contribution < 1.29 is 23.7 Å². The fourth-order valence-electron chi connectivity index (χ4n) is 5.05. The first-order valence-electron chi connectivity index (χ1n) is 12.5. The average Bonchev–Trinajstić information content (AvgIpc) is 2.95. The molecule has 4 rings (SSSR count). The van der Waals surface area contributed by atoms with E-state index in [0.29, 0.717) is 36.0 Å². The van der Waals surface area contributed by atoms with Gasteiger partial charge in [0.2, 0.25) is 5.91 Å². The van der Waals surface area contributed by atoms with Crippen LogP contribution in [0.15, 0.2) is 60.7 Å². The molecule has 1 amide bonds. The summed E-state index contributed by atoms with van der Waals surface area (Å²) in [4.78, 5) is 15.6. The van der Waals surface area contributed by atoms with E-state index in [1.54, 1.807) is 28.4 Å². The summed E-state index contributed by atoms with van der Waals surface area (Å²) in [5, 5.41) is 3.12. The molecular formula is C30H36N2O5. The number of carbonyl (C=O) groups excluding carboxylic acids is 1. The third kappa shape index (κ3) is 5.83. The van der Waals surface area contributed by atoms with Crippen molar-refractivity contribution >= 4 is 5.91 Å². The van der Waals surface area contributed by atoms with Crippen LogP contribution in [0.5, 0.6) is 23.0 Å². The smallest absolute Gasteiger partial charge is 0.237 e. The summed E-state index contributed by atoms with van der Waals surface area (Å²) in [6.07, 6.45) is 1.51. The second-order valence-corrected chi connectivity index (χ2v) is 9.18. The molecule has 0 saturated carbocycles. The van der Waals surface area contributed by atoms with Gasteiger partial charge in [-0.05, 0) is 66.3 Å². The highest BCUT2D eigenvalue weighted by atomic mass is 16.5. The standard InChI is InChI=1S/C30H36N2O5/c1-20(30(33)31-19-21-9-7-6-8-10-21)32-14-13-23-17-28(36-4)29(37-5)18-24(23)25(32)15-22-11-12-26(34-2)27(16-22)35-3/h6-12,16-18,20,25H,13-15,19H2,1-5H3,(H,31,33). The van der Waals surface area contributed by atoms with Gasteiger partial charge in [0.15, 0.2) is 23.0 Å². The van der Waals surface area contributed by atoms with E-state index in [1.165, 1.54) is 5.56 Å². The minimum absolute atomic E-state index is 0.00471. The van der Waals surface area contributed by atoms with Crippen molar-refractivity contribution in [1.29, 1.82) is 0 Å². The van der Waals surface area contributed by atoms with Crippen LogP contribution in [-0.4, -0.2) is 51.8 Å². The molecule has 1 aliphatic heterocycles. The first-order chi connectivity index (χ1) is 18.0. The lowest BCUT2D eigenvalue weighted by molar-refractivity contribution is -0.127. The number of amides is 1. The van der Waals surface area contributed by atoms with Crippen LogP contribution in [-0.2, 0) is 24.2 Å². The molecule has 0 radical (unpaired) electrons. The van der Waals surface area contributed by atoms with Crippen LogP contribution < -0.4 is 24.3 Å². The van der Waals surface area contributed by atoms with Crippen molar-refractivity contribution in [3.05, 3.63) is 82.9 Å². The number of rotatable bonds is 10. The van der Waals surface area contributed by atoms with Gasteiger partial charge in [-0.25, -0.2) is 0 Å². The fraction of sp³-hybridized carbons (Fsp3) is 0.367. The van der Waals surface area contributed by atoms with E-state index in [0.717, 1.165) is 29.7 Å². The third-order valence-corrected chi connectivity index (χ3v) is 7.11. The largest absolute Gasteiger partial charge is 0.493 e. The molecule has 7 heteroatoms. The Morgan fingerprint density at radius 2 is 1.51 bits per heavy atom. The van der Waals surface area contributed by atoms with Gasteiger partial charge in [0.25, 0.3) is 0 Å². The molecule has 196 valence electrons. The number of nitrogens with one attached hydrogen (secondary N) is 1. The number of nitrogens with zero attached hydrogens (tertiary/aromatic N) is 1. The number of ether oxygens (including phenoxy) is 4. The van der Waals surface area contributed by atoms with Gasteiger partial charge in [0.1, 0.15) is 0 Å². The number of methoxy groups -OCH3 is 4. The van der Waals surface area contributed by atoms with Crippen molar-refractivity contribution in [3.8, 4) is 23.0 Å². The molecule has 2 unspecified atom stereocenters. The SMILES string of the molecule is COc1ccc(CC2c3cc(OC)c(OC)cc3CCN2C(C)C(=O)NCc2ccccc2)cc1OC. The predicted octanol–water partition coefficient (Wildman–Crippen LogP) is 4.57. The molecule has 3 aromatic rings. The zero-order chi connectivity index (χ0) is 26.4. The van der Waals surface area contributed by atoms with E-state index >= 15 is 0 Å². The van der Waals surface area contributed by atoms with Crippen LogP contribution in [0.4, 0.5) is 0 Å². The number of hydrogen-bond acceptors (Lipinski definition) is 6. The Balaban J connectivity index is 1.65. The van der Waals surface area contributed by atoms with E-state index in [-0.39, 0.29) is 18.0 Å². The summed E-state index contributed by atoms with van der Waals surface area (Å²) in [6.45, 7) is 3.23. The van der Waals surface area contributed by atoms with Gasteiger partial charge in [-0.1, -0.05) is 36.4 Å². The normalized spacial score (nSPS) is 15.9. The van der Waals surface area contributed by atoms with Crippen LogP contribution in [0.3, 0.4) is 0 Å². The number of hydrogen-bond donors (Lipinski definition) is 1. The lowest BCUT2D eigenvalue weighted by atomic mass is 9.87. The van der Waals surface area contributed by atoms with E-state index in [1.807, 2.05) is 49.4 Å². The van der Waals surface area contributed by atoms with Crippen LogP contribution >= 0.6 is 0 Å². The third-order valence-electron chi connectivity index (χ3n) is 7.11. The van der Waals surface area contributed by atoms with Crippen molar-refractivity contribution in [1.82, 2.24) is 10.2 Å². The first kappa shape index (κ1) is 26.4. The molecule has 0 saturated heterocycles. The lowest BCUT2D eigenvalue weighted by Crippen LogP contribution is -2.49. The lowest BCUT2D eigenvalue weighted by Gasteiger charge is -2.41. The molecule has 1 heterocycles. The van der Waals surface area contributed by atoms with Gasteiger partial charge < -0.3 is 24.3 Å². The highest BCUT2D eigenvalue weighted by molar-refractivity contribution is 5.81. The van der Waals surface area contributed by atoms with Crippen LogP contribution in [0.2, 0.25) is 0 Å². The zero-order valence-electron chi connectivity index (χ0n) is 22.2. The molecule has 1 aliphatic rings. The summed E-state index contributed by atoms with van der Waals surface area (Å²) in [5.41, 5.74) is 4.51. The molecule has 1 N–H and O–H groups in total. The molecule has 0 spiro atoms. The fourth-order valence-corrected chi connectivity index (χ4v) is 5.05. The molecule has 7 nitrogen and oxygen atoms in total. The van der Waals surface area contributed by atoms with Crippen molar-refractivity contribution in [2.75, 3.05) is 35.0 Å². The predicted molar refractivity (Wildman–Crippen MR) is 144 cm³/mol. The van der Waals surface area contributed by atoms with Crippen molar-refractivity contribution in [2.45, 2.75) is 38.4 Å². The van der Waals surface area contributed by atoms with Gasteiger partial charge in [0, 0.05) is 19.1 Å². The Bertz CT molecular complexity index is 1210. The topological polar surface area (TPSA) is 69.3 Å². The van der Waals surface area contributed by atoms with E-state index < -0.39 is 0 Å². The van der Waals surface area contributed by atoms with Crippen LogP contribution in [0.25, 0.3) is 0 Å². The summed E-state index contributed by atoms with van der Waals surface area (Å²) in [7, 11) is 6.57. The van der Waals surface area contributed by atoms with Crippen molar-refractivity contribution in [2.24, 2.45) is 0 Å². The summed E-state index contributed by atoms with van der Waals surface area (Å²) >= 11 is 0. The molecule has 37 heavy (non-hydrogen) atoms. The Hall–Kier alpha value is -3.71. The molecule has 0 aromatic heterocycles. The maximum absolute atomic E-state index is 13.3. The Kier molecular flexibility index (Phi) is 8.56. The van der Waals surface area contributed by atoms with E-state index in [4.69, 9.17) is 18.9 Å². The van der Waals surface area contributed by atoms with Gasteiger partial charge >= 0.3 is 0 Å². The van der Waals surface area contributed by atoms with Gasteiger partial charge in [0.05, 0.1) is 34.5 Å². The van der Waals surface area contributed by atoms with E-state index in [2.05, 4.69) is 28.4 Å². The maximum atomic E-state index is 13.3. The van der Waals surface area contributed by atoms with Gasteiger partial charge in [-0.15, -0.1) is 0 Å². The molecule has 0 fully saturated rings. The Labute approximate surface area is 219 Å². The maximum Gasteiger partial charge on any atom is 0.237 e.